The predicted molar refractivity (Wildman–Crippen MR) is 64.1 cm³/mol. The maximum atomic E-state index is 10.6. The van der Waals surface area contributed by atoms with E-state index < -0.39 is 4.92 Å². The van der Waals surface area contributed by atoms with E-state index in [0.717, 1.165) is 9.13 Å². The molecule has 0 amide bonds. The van der Waals surface area contributed by atoms with Crippen molar-refractivity contribution in [3.8, 4) is 0 Å². The van der Waals surface area contributed by atoms with Gasteiger partial charge in [0.05, 0.1) is 4.92 Å². The van der Waals surface area contributed by atoms with Gasteiger partial charge in [-0.05, 0) is 41.1 Å². The van der Waals surface area contributed by atoms with Crippen molar-refractivity contribution < 1.29 is 4.92 Å². The van der Waals surface area contributed by atoms with E-state index in [9.17, 15) is 10.1 Å². The van der Waals surface area contributed by atoms with Crippen molar-refractivity contribution in [3.63, 3.8) is 0 Å². The Morgan fingerprint density at radius 2 is 2.14 bits per heavy atom. The van der Waals surface area contributed by atoms with E-state index in [-0.39, 0.29) is 11.6 Å². The number of hydrogen-bond donors (Lipinski definition) is 0. The first kappa shape index (κ1) is 11.2. The van der Waals surface area contributed by atoms with Crippen LogP contribution in [-0.4, -0.2) is 4.92 Å². The Balaban J connectivity index is 3.19. The summed E-state index contributed by atoms with van der Waals surface area (Å²) in [5.74, 6) is -0.108. The maximum Gasteiger partial charge on any atom is 0.270 e. The summed E-state index contributed by atoms with van der Waals surface area (Å²) in [5.41, 5.74) is 0.918. The van der Waals surface area contributed by atoms with Crippen LogP contribution < -0.4 is 0 Å². The Morgan fingerprint density at radius 1 is 1.50 bits per heavy atom. The van der Waals surface area contributed by atoms with Crippen molar-refractivity contribution in [1.29, 1.82) is 0 Å². The van der Waals surface area contributed by atoms with Gasteiger partial charge in [-0.3, -0.25) is 10.1 Å². The highest BCUT2D eigenvalue weighted by Crippen LogP contribution is 2.24. The first-order valence-corrected chi connectivity index (χ1v) is 5.03. The molecule has 1 aromatic rings. The zero-order valence-corrected chi connectivity index (χ0v) is 9.60. The molecule has 0 fully saturated rings. The standard InChI is InChI=1S/C10H9INO2/c1-3-7(2)8-4-9(11)6-10(5-8)12(13)14/h3-7H,1-2H2. The van der Waals surface area contributed by atoms with E-state index in [4.69, 9.17) is 0 Å². The average Bonchev–Trinajstić information content (AvgIpc) is 2.15. The van der Waals surface area contributed by atoms with Crippen LogP contribution in [0.1, 0.15) is 11.5 Å². The van der Waals surface area contributed by atoms with Gasteiger partial charge in [-0.1, -0.05) is 6.08 Å². The Hall–Kier alpha value is -0.910. The summed E-state index contributed by atoms with van der Waals surface area (Å²) < 4.78 is 0.835. The minimum atomic E-state index is -0.401. The van der Waals surface area contributed by atoms with E-state index in [0.29, 0.717) is 0 Å². The second-order valence-electron chi connectivity index (χ2n) is 2.84. The molecule has 1 unspecified atom stereocenters. The molecule has 0 saturated carbocycles. The molecule has 73 valence electrons. The monoisotopic (exact) mass is 302 g/mol. The summed E-state index contributed by atoms with van der Waals surface area (Å²) >= 11 is 2.05. The number of halogens is 1. The molecule has 1 radical (unpaired) electrons. The Bertz CT molecular complexity index is 376. The molecule has 0 spiro atoms. The van der Waals surface area contributed by atoms with E-state index >= 15 is 0 Å². The lowest BCUT2D eigenvalue weighted by atomic mass is 10.0. The van der Waals surface area contributed by atoms with Crippen molar-refractivity contribution in [2.24, 2.45) is 0 Å². The van der Waals surface area contributed by atoms with Crippen LogP contribution in [0.4, 0.5) is 5.69 Å². The van der Waals surface area contributed by atoms with Gasteiger partial charge in [0.2, 0.25) is 0 Å². The summed E-state index contributed by atoms with van der Waals surface area (Å²) in [4.78, 5) is 10.2. The Labute approximate surface area is 96.1 Å². The zero-order valence-electron chi connectivity index (χ0n) is 7.44. The average molecular weight is 302 g/mol. The van der Waals surface area contributed by atoms with Gasteiger partial charge in [-0.25, -0.2) is 0 Å². The van der Waals surface area contributed by atoms with Crippen LogP contribution in [0, 0.1) is 20.6 Å². The molecule has 4 heteroatoms. The minimum Gasteiger partial charge on any atom is -0.258 e. The van der Waals surface area contributed by atoms with E-state index in [1.54, 1.807) is 6.08 Å². The molecule has 0 aliphatic heterocycles. The molecule has 1 rings (SSSR count). The number of non-ortho nitro benzene ring substituents is 1. The highest BCUT2D eigenvalue weighted by atomic mass is 127. The van der Waals surface area contributed by atoms with E-state index in [1.165, 1.54) is 12.1 Å². The smallest absolute Gasteiger partial charge is 0.258 e. The summed E-state index contributed by atoms with van der Waals surface area (Å²) in [6.45, 7) is 7.43. The van der Waals surface area contributed by atoms with Crippen LogP contribution in [0.25, 0.3) is 0 Å². The highest BCUT2D eigenvalue weighted by Gasteiger charge is 2.10. The van der Waals surface area contributed by atoms with Crippen molar-refractivity contribution >= 4 is 28.3 Å². The lowest BCUT2D eigenvalue weighted by molar-refractivity contribution is -0.385. The third-order valence-corrected chi connectivity index (χ3v) is 2.45. The minimum absolute atomic E-state index is 0.0994. The van der Waals surface area contributed by atoms with Gasteiger partial charge in [0.25, 0.3) is 5.69 Å². The lowest BCUT2D eigenvalue weighted by Crippen LogP contribution is -1.94. The summed E-state index contributed by atoms with van der Waals surface area (Å²) in [7, 11) is 0. The van der Waals surface area contributed by atoms with Crippen LogP contribution in [0.5, 0.6) is 0 Å². The fourth-order valence-corrected chi connectivity index (χ4v) is 1.73. The Morgan fingerprint density at radius 3 is 2.64 bits per heavy atom. The molecule has 0 bridgehead atoms. The fourth-order valence-electron chi connectivity index (χ4n) is 1.05. The van der Waals surface area contributed by atoms with Crippen molar-refractivity contribution in [2.75, 3.05) is 0 Å². The first-order valence-electron chi connectivity index (χ1n) is 3.95. The van der Waals surface area contributed by atoms with E-state index in [2.05, 4.69) is 13.5 Å². The third-order valence-electron chi connectivity index (χ3n) is 1.83. The second-order valence-corrected chi connectivity index (χ2v) is 4.09. The SMILES string of the molecule is [CH2]C(C=C)c1cc(I)cc([N+](=O)[O-])c1. The van der Waals surface area contributed by atoms with Crippen LogP contribution >= 0.6 is 22.6 Å². The number of benzene rings is 1. The predicted octanol–water partition coefficient (Wildman–Crippen LogP) is 3.30. The van der Waals surface area contributed by atoms with Gasteiger partial charge in [-0.2, -0.15) is 0 Å². The van der Waals surface area contributed by atoms with Gasteiger partial charge in [0.1, 0.15) is 0 Å². The summed E-state index contributed by atoms with van der Waals surface area (Å²) in [6, 6.07) is 4.92. The Kier molecular flexibility index (Phi) is 3.62. The van der Waals surface area contributed by atoms with Gasteiger partial charge >= 0.3 is 0 Å². The van der Waals surface area contributed by atoms with Crippen LogP contribution in [0.2, 0.25) is 0 Å². The maximum absolute atomic E-state index is 10.6. The fraction of sp³-hybridized carbons (Fsp3) is 0.100. The van der Waals surface area contributed by atoms with Gasteiger partial charge in [0, 0.05) is 21.6 Å². The van der Waals surface area contributed by atoms with Crippen LogP contribution in [-0.2, 0) is 0 Å². The molecule has 3 nitrogen and oxygen atoms in total. The highest BCUT2D eigenvalue weighted by molar-refractivity contribution is 14.1. The molecule has 1 atom stereocenters. The number of nitrogens with zero attached hydrogens (tertiary/aromatic N) is 1. The zero-order chi connectivity index (χ0) is 10.7. The molecular formula is C10H9INO2. The lowest BCUT2D eigenvalue weighted by Gasteiger charge is -2.06. The molecule has 14 heavy (non-hydrogen) atoms. The molecule has 0 heterocycles. The van der Waals surface area contributed by atoms with Gasteiger partial charge in [-0.15, -0.1) is 6.58 Å². The number of rotatable bonds is 3. The molecule has 0 N–H and O–H groups in total. The molecule has 0 aromatic heterocycles. The molecule has 0 aliphatic rings. The van der Waals surface area contributed by atoms with Crippen molar-refractivity contribution in [2.45, 2.75) is 5.92 Å². The van der Waals surface area contributed by atoms with Gasteiger partial charge in [0.15, 0.2) is 0 Å². The van der Waals surface area contributed by atoms with Crippen LogP contribution in [0.3, 0.4) is 0 Å². The number of allylic oxidation sites excluding steroid dienone is 1. The number of nitro benzene ring substituents is 1. The number of hydrogen-bond acceptors (Lipinski definition) is 2. The molecule has 0 saturated heterocycles. The van der Waals surface area contributed by atoms with Gasteiger partial charge < -0.3 is 0 Å². The quantitative estimate of drug-likeness (QED) is 0.372. The summed E-state index contributed by atoms with van der Waals surface area (Å²) in [6.07, 6.45) is 1.66. The first-order chi connectivity index (χ1) is 6.54. The topological polar surface area (TPSA) is 43.1 Å². The van der Waals surface area contributed by atoms with Crippen molar-refractivity contribution in [1.82, 2.24) is 0 Å². The third kappa shape index (κ3) is 2.54. The molecule has 1 aromatic carbocycles. The van der Waals surface area contributed by atoms with Crippen LogP contribution in [0.15, 0.2) is 30.9 Å². The summed E-state index contributed by atoms with van der Waals surface area (Å²) in [5, 5.41) is 10.6. The van der Waals surface area contributed by atoms with Crippen molar-refractivity contribution in [3.05, 3.63) is 57.0 Å². The largest absolute Gasteiger partial charge is 0.270 e. The molecular weight excluding hydrogens is 293 g/mol. The molecule has 0 aliphatic carbocycles. The number of nitro groups is 1. The normalized spacial score (nSPS) is 12.1. The second kappa shape index (κ2) is 4.54. The van der Waals surface area contributed by atoms with E-state index in [1.807, 2.05) is 28.7 Å².